The standard InChI is InChI=1S/C88H123N19O21S2/c1-10-12-22-66-81(121)98-60(35-47(3)4)79(119)102-65(77(117)93-42-72(91)111)45-129-46-73(112)95-62(36-50-26-28-53(108)29-27-50)84(124)103(7)49(6)76(116)100-64(40-71(90)110)87(127)106-34-18-24-67(106)82(122)94-48(5)75(115)97-59(30-31-74(113)114)86(126)107-43-54(109)39-69(107)83(123)99-61(37-51-41-92-57-21-16-14-19-55(51)57)80(120)96-58(32-33-89)78(118)101-63(38-52-44-130-70-25-17-15-20-56(52)70)85(125)105(9)68(23-13-11-2)88(128)104(66)8/h14-17,19-21,25-29,41,44,47-49,54,58-69,92,108-109H,10-13,18,22-24,30-40,42-43,45-46,89H2,1-9H3,(H2,90,110)(H2,91,111)(H,93,117)(H,94,122)(H,95,112)(H,96,120)(H,97,115)(H,98,121)(H,99,123)(H,100,116)(H,101,118)(H,102,119)(H,113,114)/t48-,49+,54-,58+,59+,60+,61+,62+,63+,64-,65+,66+,67+,68+,69+/m1/s1. The molecule has 3 aliphatic heterocycles. The first-order valence-corrected chi connectivity index (χ1v) is 45.7. The summed E-state index contributed by atoms with van der Waals surface area (Å²) >= 11 is 2.16. The van der Waals surface area contributed by atoms with Gasteiger partial charge in [-0.15, -0.1) is 23.1 Å². The van der Waals surface area contributed by atoms with Crippen LogP contribution in [0, 0.1) is 5.92 Å². The van der Waals surface area contributed by atoms with Gasteiger partial charge in [0.25, 0.3) is 0 Å². The van der Waals surface area contributed by atoms with Crippen LogP contribution < -0.4 is 70.4 Å². The van der Waals surface area contributed by atoms with Crippen LogP contribution in [0.2, 0.25) is 0 Å². The van der Waals surface area contributed by atoms with Crippen LogP contribution >= 0.6 is 23.1 Å². The highest BCUT2D eigenvalue weighted by Gasteiger charge is 2.46. The lowest BCUT2D eigenvalue weighted by Crippen LogP contribution is -2.61. The van der Waals surface area contributed by atoms with Gasteiger partial charge in [0.05, 0.1) is 24.8 Å². The summed E-state index contributed by atoms with van der Waals surface area (Å²) in [5, 5.41) is 60.9. The number of hydrogen-bond donors (Lipinski definition) is 17. The quantitative estimate of drug-likeness (QED) is 0.0346. The molecule has 0 radical (unpaired) electrons. The highest BCUT2D eigenvalue weighted by molar-refractivity contribution is 8.00. The number of carbonyl (C=O) groups excluding carboxylic acids is 17. The fourth-order valence-corrected chi connectivity index (χ4v) is 17.8. The van der Waals surface area contributed by atoms with Gasteiger partial charge in [-0.05, 0) is 123 Å². The van der Waals surface area contributed by atoms with Crippen LogP contribution in [0.15, 0.2) is 84.4 Å². The van der Waals surface area contributed by atoms with E-state index < -0.39 is 247 Å². The summed E-state index contributed by atoms with van der Waals surface area (Å²) in [5.74, 6) is -18.7. The number of rotatable bonds is 24. The van der Waals surface area contributed by atoms with Gasteiger partial charge in [0, 0.05) is 93.9 Å². The van der Waals surface area contributed by atoms with Gasteiger partial charge in [0.2, 0.25) is 100 Å². The highest BCUT2D eigenvalue weighted by atomic mass is 32.2. The number of aliphatic hydroxyl groups excluding tert-OH is 1. The Morgan fingerprint density at radius 1 is 0.562 bits per heavy atom. The zero-order valence-corrected chi connectivity index (χ0v) is 76.2. The monoisotopic (exact) mass is 1850 g/mol. The number of aromatic amines is 1. The number of carboxylic acids is 1. The Morgan fingerprint density at radius 3 is 1.80 bits per heavy atom. The van der Waals surface area contributed by atoms with Crippen LogP contribution in [0.1, 0.15) is 148 Å². The maximum atomic E-state index is 15.8. The molecule has 0 bridgehead atoms. The molecule has 3 aliphatic rings. The topological polar surface area (TPSA) is 598 Å². The van der Waals surface area contributed by atoms with Gasteiger partial charge < -0.3 is 115 Å². The number of unbranched alkanes of at least 4 members (excludes halogenated alkanes) is 2. The second kappa shape index (κ2) is 48.9. The predicted molar refractivity (Wildman–Crippen MR) is 481 cm³/mol. The van der Waals surface area contributed by atoms with Gasteiger partial charge in [-0.2, -0.15) is 0 Å². The lowest BCUT2D eigenvalue weighted by atomic mass is 9.99. The molecule has 3 saturated heterocycles. The Morgan fingerprint density at radius 2 is 1.14 bits per heavy atom. The minimum Gasteiger partial charge on any atom is -0.508 e. The number of nitrogens with zero attached hydrogens (tertiary/aromatic N) is 5. The number of aromatic hydroxyl groups is 1. The zero-order valence-electron chi connectivity index (χ0n) is 74.6. The summed E-state index contributed by atoms with van der Waals surface area (Å²) in [6.07, 6.45) is -1.50. The maximum absolute atomic E-state index is 15.8. The Balaban J connectivity index is 1.18. The Kier molecular flexibility index (Phi) is 38.8. The van der Waals surface area contributed by atoms with E-state index in [1.165, 1.54) is 80.4 Å². The molecule has 8 rings (SSSR count). The van der Waals surface area contributed by atoms with E-state index in [-0.39, 0.29) is 82.5 Å². The number of fused-ring (bicyclic) bond motifs is 4. The third-order valence-electron chi connectivity index (χ3n) is 23.3. The van der Waals surface area contributed by atoms with Crippen molar-refractivity contribution in [3.63, 3.8) is 0 Å². The number of nitrogens with two attached hydrogens (primary N) is 3. The van der Waals surface area contributed by atoms with E-state index in [1.54, 1.807) is 50.4 Å². The van der Waals surface area contributed by atoms with Gasteiger partial charge >= 0.3 is 5.97 Å². The number of amides is 17. The van der Waals surface area contributed by atoms with Gasteiger partial charge in [0.15, 0.2) is 0 Å². The summed E-state index contributed by atoms with van der Waals surface area (Å²) < 4.78 is 0.835. The number of aliphatic hydroxyl groups is 1. The molecule has 3 aromatic carbocycles. The maximum Gasteiger partial charge on any atom is 0.303 e. The number of carboxylic acid groups (broad SMARTS) is 1. The fraction of sp³-hybridized carbons (Fsp3) is 0.545. The zero-order chi connectivity index (χ0) is 95.5. The van der Waals surface area contributed by atoms with Crippen LogP contribution in [0.25, 0.3) is 21.0 Å². The van der Waals surface area contributed by atoms with E-state index in [0.29, 0.717) is 53.3 Å². The van der Waals surface area contributed by atoms with E-state index in [4.69, 9.17) is 17.2 Å². The van der Waals surface area contributed by atoms with Crippen molar-refractivity contribution in [3.05, 3.63) is 101 Å². The predicted octanol–water partition coefficient (Wildman–Crippen LogP) is -1.18. The van der Waals surface area contributed by atoms with Crippen molar-refractivity contribution in [3.8, 4) is 5.75 Å². The molecule has 0 unspecified atom stereocenters. The molecule has 708 valence electrons. The summed E-state index contributed by atoms with van der Waals surface area (Å²) in [6.45, 7) is 8.11. The number of hydrogen-bond acceptors (Lipinski definition) is 23. The number of aliphatic carboxylic acids is 1. The average Bonchev–Trinajstić information content (AvgIpc) is 1.77. The minimum atomic E-state index is -1.78. The van der Waals surface area contributed by atoms with E-state index >= 15 is 33.6 Å². The number of carbonyl (C=O) groups is 18. The van der Waals surface area contributed by atoms with Crippen molar-refractivity contribution in [2.45, 2.75) is 241 Å². The van der Waals surface area contributed by atoms with Gasteiger partial charge in [-0.25, -0.2) is 0 Å². The van der Waals surface area contributed by atoms with Crippen LogP contribution in [0.3, 0.4) is 0 Å². The van der Waals surface area contributed by atoms with Crippen molar-refractivity contribution < 1.29 is 102 Å². The summed E-state index contributed by atoms with van der Waals surface area (Å²) in [7, 11) is 3.98. The second-order valence-electron chi connectivity index (χ2n) is 33.6. The largest absolute Gasteiger partial charge is 0.508 e. The SMILES string of the molecule is CCCC[C@H]1C(=O)N(C)[C@@H](CCCC)C(=O)N[C@@H](CC(C)C)C(=O)N[C@H](C(=O)NCC(N)=O)CSCC(=O)N[C@@H](Cc2ccc(O)cc2)C(=O)N(C)[C@@H](C)C(=O)N[C@H](CC(N)=O)C(=O)N2CCC[C@H]2C(=O)N[C@H](C)C(=O)N[C@@H](CCC(=O)O)C(=O)N2C[C@H](O)C[C@H]2C(=O)N[C@@H](Cc2c[nH]c3ccccc23)C(=O)N[C@@H](CCN)C(=O)N[C@@H](Cc2csc3ccccc23)C(=O)N1C. The first-order chi connectivity index (χ1) is 61.7. The Hall–Kier alpha value is -12.3. The van der Waals surface area contributed by atoms with E-state index in [2.05, 4.69) is 58.2 Å². The van der Waals surface area contributed by atoms with Crippen molar-refractivity contribution in [2.75, 3.05) is 58.8 Å². The van der Waals surface area contributed by atoms with E-state index in [9.17, 15) is 68.1 Å². The molecule has 15 atom stereocenters. The number of aromatic nitrogens is 1. The number of para-hydroxylation sites is 1. The van der Waals surface area contributed by atoms with E-state index in [0.717, 1.165) is 36.5 Å². The number of nitrogens with one attached hydrogen (secondary N) is 11. The van der Waals surface area contributed by atoms with Crippen LogP contribution in [-0.4, -0.2) is 301 Å². The second-order valence-corrected chi connectivity index (χ2v) is 35.5. The number of thioether (sulfide) groups is 1. The van der Waals surface area contributed by atoms with Crippen LogP contribution in [-0.2, 0) is 106 Å². The number of thiophene rings is 1. The number of H-pyrrole nitrogens is 1. The molecule has 5 heterocycles. The number of phenolic OH excluding ortho intramolecular Hbond substituents is 1. The molecule has 20 N–H and O–H groups in total. The number of phenols is 1. The Labute approximate surface area is 761 Å². The molecule has 42 heteroatoms. The molecule has 0 saturated carbocycles. The first kappa shape index (κ1) is 103. The molecular weight excluding hydrogens is 1720 g/mol. The first-order valence-electron chi connectivity index (χ1n) is 43.7. The molecule has 40 nitrogen and oxygen atoms in total. The Bertz CT molecular complexity index is 4910. The van der Waals surface area contributed by atoms with Gasteiger partial charge in [-0.1, -0.05) is 102 Å². The van der Waals surface area contributed by atoms with Gasteiger partial charge in [-0.3, -0.25) is 86.3 Å². The van der Waals surface area contributed by atoms with Crippen molar-refractivity contribution in [1.82, 2.24) is 82.7 Å². The molecule has 0 aliphatic carbocycles. The number of benzene rings is 3. The van der Waals surface area contributed by atoms with Crippen molar-refractivity contribution in [1.29, 1.82) is 0 Å². The lowest BCUT2D eigenvalue weighted by Gasteiger charge is -2.36. The number of primary amides is 2. The molecule has 0 spiro atoms. The highest BCUT2D eigenvalue weighted by Crippen LogP contribution is 2.30. The molecule has 5 aromatic rings. The normalized spacial score (nSPS) is 25.3. The smallest absolute Gasteiger partial charge is 0.303 e. The third-order valence-corrected chi connectivity index (χ3v) is 25.3. The van der Waals surface area contributed by atoms with E-state index in [1.807, 2.05) is 37.4 Å². The van der Waals surface area contributed by atoms with Crippen molar-refractivity contribution in [2.24, 2.45) is 23.1 Å². The number of likely N-dealkylation sites (N-methyl/N-ethyl adjacent to an activating group) is 3. The average molecular weight is 1850 g/mol. The fourth-order valence-electron chi connectivity index (χ4n) is 16.0. The summed E-state index contributed by atoms with van der Waals surface area (Å²) in [6, 6.07) is -1.53. The minimum absolute atomic E-state index is 0.0295. The van der Waals surface area contributed by atoms with Crippen LogP contribution in [0.4, 0.5) is 0 Å². The summed E-state index contributed by atoms with van der Waals surface area (Å²) in [5.41, 5.74) is 19.5. The molecule has 2 aromatic heterocycles. The molecule has 130 heavy (non-hydrogen) atoms. The van der Waals surface area contributed by atoms with Crippen molar-refractivity contribution >= 4 is 150 Å². The van der Waals surface area contributed by atoms with Crippen LogP contribution in [0.5, 0.6) is 5.75 Å². The van der Waals surface area contributed by atoms with Gasteiger partial charge in [0.1, 0.15) is 90.3 Å². The molecule has 3 fully saturated rings. The molecule has 17 amide bonds. The third kappa shape index (κ3) is 28.6. The lowest BCUT2D eigenvalue weighted by molar-refractivity contribution is -0.149. The summed E-state index contributed by atoms with van der Waals surface area (Å²) in [4.78, 5) is 269. The molecular formula is C88H123N19O21S2.